The van der Waals surface area contributed by atoms with Gasteiger partial charge < -0.3 is 15.2 Å². The van der Waals surface area contributed by atoms with Crippen LogP contribution in [0.15, 0.2) is 22.0 Å². The van der Waals surface area contributed by atoms with Crippen LogP contribution < -0.4 is 10.6 Å². The molecule has 0 unspecified atom stereocenters. The van der Waals surface area contributed by atoms with Gasteiger partial charge in [-0.1, -0.05) is 18.1 Å². The number of hydrogen-bond donors (Lipinski definition) is 2. The van der Waals surface area contributed by atoms with E-state index in [9.17, 15) is 4.79 Å². The second kappa shape index (κ2) is 6.56. The lowest BCUT2D eigenvalue weighted by Gasteiger charge is -2.16. The Labute approximate surface area is 122 Å². The summed E-state index contributed by atoms with van der Waals surface area (Å²) < 4.78 is 5.07. The number of aromatic nitrogens is 1. The zero-order valence-corrected chi connectivity index (χ0v) is 12.7. The van der Waals surface area contributed by atoms with Crippen molar-refractivity contribution in [1.82, 2.24) is 15.8 Å². The highest BCUT2D eigenvalue weighted by molar-refractivity contribution is 7.10. The molecule has 2 N–H and O–H groups in total. The van der Waals surface area contributed by atoms with E-state index >= 15 is 0 Å². The Kier molecular flexibility index (Phi) is 4.79. The molecule has 0 aromatic carbocycles. The lowest BCUT2D eigenvalue weighted by Crippen LogP contribution is -2.37. The van der Waals surface area contributed by atoms with E-state index in [0.717, 1.165) is 23.4 Å². The minimum absolute atomic E-state index is 0.0552. The highest BCUT2D eigenvalue weighted by Crippen LogP contribution is 2.21. The number of thiophene rings is 1. The van der Waals surface area contributed by atoms with Gasteiger partial charge in [-0.05, 0) is 31.7 Å². The number of nitrogens with zero attached hydrogens (tertiary/aromatic N) is 1. The monoisotopic (exact) mass is 293 g/mol. The van der Waals surface area contributed by atoms with Crippen LogP contribution in [-0.2, 0) is 6.54 Å². The molecule has 0 aliphatic carbocycles. The lowest BCUT2D eigenvalue weighted by atomic mass is 10.2. The van der Waals surface area contributed by atoms with Crippen molar-refractivity contribution in [3.05, 3.63) is 39.4 Å². The van der Waals surface area contributed by atoms with E-state index in [-0.39, 0.29) is 12.1 Å². The topological polar surface area (TPSA) is 67.2 Å². The predicted molar refractivity (Wildman–Crippen MR) is 78.7 cm³/mol. The van der Waals surface area contributed by atoms with Gasteiger partial charge in [0.05, 0.1) is 11.7 Å². The molecule has 2 heterocycles. The SMILES string of the molecule is CC[C@H](NC(=O)NCc1c(C)noc1C)c1cccs1. The van der Waals surface area contributed by atoms with Gasteiger partial charge in [-0.15, -0.1) is 11.3 Å². The molecule has 0 saturated heterocycles. The molecule has 108 valence electrons. The van der Waals surface area contributed by atoms with Gasteiger partial charge in [0.25, 0.3) is 0 Å². The smallest absolute Gasteiger partial charge is 0.315 e. The van der Waals surface area contributed by atoms with Gasteiger partial charge in [-0.3, -0.25) is 0 Å². The minimum Gasteiger partial charge on any atom is -0.361 e. The van der Waals surface area contributed by atoms with Crippen LogP contribution in [0.2, 0.25) is 0 Å². The quantitative estimate of drug-likeness (QED) is 0.888. The van der Waals surface area contributed by atoms with Gasteiger partial charge >= 0.3 is 6.03 Å². The van der Waals surface area contributed by atoms with E-state index in [0.29, 0.717) is 6.54 Å². The summed E-state index contributed by atoms with van der Waals surface area (Å²) in [5.41, 5.74) is 1.75. The first kappa shape index (κ1) is 14.6. The average molecular weight is 293 g/mol. The van der Waals surface area contributed by atoms with E-state index in [1.807, 2.05) is 31.4 Å². The molecular weight excluding hydrogens is 274 g/mol. The van der Waals surface area contributed by atoms with Crippen LogP contribution in [0.25, 0.3) is 0 Å². The fraction of sp³-hybridized carbons (Fsp3) is 0.429. The van der Waals surface area contributed by atoms with E-state index in [4.69, 9.17) is 4.52 Å². The molecule has 1 atom stereocenters. The number of hydrogen-bond acceptors (Lipinski definition) is 4. The first-order valence-corrected chi connectivity index (χ1v) is 7.49. The molecular formula is C14H19N3O2S. The molecule has 0 aliphatic rings. The zero-order chi connectivity index (χ0) is 14.5. The van der Waals surface area contributed by atoms with Crippen LogP contribution >= 0.6 is 11.3 Å². The van der Waals surface area contributed by atoms with Crippen molar-refractivity contribution in [2.45, 2.75) is 39.8 Å². The van der Waals surface area contributed by atoms with E-state index in [1.165, 1.54) is 4.88 Å². The highest BCUT2D eigenvalue weighted by Gasteiger charge is 2.14. The fourth-order valence-corrected chi connectivity index (χ4v) is 2.86. The molecule has 0 aliphatic heterocycles. The van der Waals surface area contributed by atoms with Crippen molar-refractivity contribution in [1.29, 1.82) is 0 Å². The van der Waals surface area contributed by atoms with Crippen molar-refractivity contribution in [2.75, 3.05) is 0 Å². The van der Waals surface area contributed by atoms with E-state index < -0.39 is 0 Å². The maximum Gasteiger partial charge on any atom is 0.315 e. The summed E-state index contributed by atoms with van der Waals surface area (Å²) in [5, 5.41) is 11.7. The number of rotatable bonds is 5. The van der Waals surface area contributed by atoms with Crippen LogP contribution in [-0.4, -0.2) is 11.2 Å². The van der Waals surface area contributed by atoms with Crippen LogP contribution in [0.5, 0.6) is 0 Å². The highest BCUT2D eigenvalue weighted by atomic mass is 32.1. The van der Waals surface area contributed by atoms with Gasteiger partial charge in [-0.25, -0.2) is 4.79 Å². The molecule has 0 fully saturated rings. The summed E-state index contributed by atoms with van der Waals surface area (Å²) in [6.07, 6.45) is 0.860. The second-order valence-electron chi connectivity index (χ2n) is 4.61. The number of carbonyl (C=O) groups excluding carboxylic acids is 1. The molecule has 0 spiro atoms. The van der Waals surface area contributed by atoms with Crippen molar-refractivity contribution in [2.24, 2.45) is 0 Å². The van der Waals surface area contributed by atoms with Crippen molar-refractivity contribution in [3.63, 3.8) is 0 Å². The van der Waals surface area contributed by atoms with Gasteiger partial charge in [0, 0.05) is 17.0 Å². The Hall–Kier alpha value is -1.82. The molecule has 2 aromatic rings. The molecule has 0 saturated carbocycles. The number of nitrogens with one attached hydrogen (secondary N) is 2. The molecule has 2 rings (SSSR count). The predicted octanol–water partition coefficient (Wildman–Crippen LogP) is 3.30. The molecule has 2 aromatic heterocycles. The van der Waals surface area contributed by atoms with Crippen molar-refractivity contribution >= 4 is 17.4 Å². The molecule has 5 nitrogen and oxygen atoms in total. The van der Waals surface area contributed by atoms with Crippen LogP contribution in [0.1, 0.15) is 41.3 Å². The number of carbonyl (C=O) groups is 1. The van der Waals surface area contributed by atoms with Crippen molar-refractivity contribution < 1.29 is 9.32 Å². The number of amides is 2. The summed E-state index contributed by atoms with van der Waals surface area (Å²) in [4.78, 5) is 13.1. The third-order valence-corrected chi connectivity index (χ3v) is 4.19. The van der Waals surface area contributed by atoms with Gasteiger partial charge in [-0.2, -0.15) is 0 Å². The number of aryl methyl sites for hydroxylation is 2. The largest absolute Gasteiger partial charge is 0.361 e. The summed E-state index contributed by atoms with van der Waals surface area (Å²) in [5.74, 6) is 0.744. The Morgan fingerprint density at radius 2 is 2.30 bits per heavy atom. The van der Waals surface area contributed by atoms with Gasteiger partial charge in [0.1, 0.15) is 5.76 Å². The summed E-state index contributed by atoms with van der Waals surface area (Å²) in [6, 6.07) is 3.91. The van der Waals surface area contributed by atoms with Gasteiger partial charge in [0.2, 0.25) is 0 Å². The third kappa shape index (κ3) is 3.39. The standard InChI is InChI=1S/C14H19N3O2S/c1-4-12(13-6-5-7-20-13)16-14(18)15-8-11-9(2)17-19-10(11)3/h5-7,12H,4,8H2,1-3H3,(H2,15,16,18)/t12-/m0/s1. The minimum atomic E-state index is -0.176. The fourth-order valence-electron chi connectivity index (χ4n) is 2.00. The maximum absolute atomic E-state index is 12.0. The first-order chi connectivity index (χ1) is 9.61. The third-order valence-electron chi connectivity index (χ3n) is 3.21. The van der Waals surface area contributed by atoms with Crippen LogP contribution in [0, 0.1) is 13.8 Å². The normalized spacial score (nSPS) is 12.2. The van der Waals surface area contributed by atoms with E-state index in [1.54, 1.807) is 11.3 Å². The first-order valence-electron chi connectivity index (χ1n) is 6.61. The van der Waals surface area contributed by atoms with Gasteiger partial charge in [0.15, 0.2) is 0 Å². The van der Waals surface area contributed by atoms with E-state index in [2.05, 4.69) is 22.7 Å². The second-order valence-corrected chi connectivity index (χ2v) is 5.59. The van der Waals surface area contributed by atoms with Crippen LogP contribution in [0.4, 0.5) is 4.79 Å². The van der Waals surface area contributed by atoms with Crippen LogP contribution in [0.3, 0.4) is 0 Å². The Bertz CT molecular complexity index is 543. The Morgan fingerprint density at radius 1 is 1.50 bits per heavy atom. The summed E-state index contributed by atoms with van der Waals surface area (Å²) in [7, 11) is 0. The Balaban J connectivity index is 1.89. The maximum atomic E-state index is 12.0. The Morgan fingerprint density at radius 3 is 2.85 bits per heavy atom. The molecule has 0 bridgehead atoms. The molecule has 6 heteroatoms. The lowest BCUT2D eigenvalue weighted by molar-refractivity contribution is 0.236. The molecule has 2 amide bonds. The molecule has 20 heavy (non-hydrogen) atoms. The van der Waals surface area contributed by atoms with Crippen molar-refractivity contribution in [3.8, 4) is 0 Å². The summed E-state index contributed by atoms with van der Waals surface area (Å²) in [6.45, 7) is 6.19. The molecule has 0 radical (unpaired) electrons. The average Bonchev–Trinajstić information content (AvgIpc) is 3.05. The number of urea groups is 1. The zero-order valence-electron chi connectivity index (χ0n) is 11.9. The summed E-state index contributed by atoms with van der Waals surface area (Å²) >= 11 is 1.65.